The van der Waals surface area contributed by atoms with Crippen molar-refractivity contribution in [2.75, 3.05) is 26.3 Å². The van der Waals surface area contributed by atoms with E-state index in [0.717, 1.165) is 11.1 Å². The average Bonchev–Trinajstić information content (AvgIpc) is 3.46. The van der Waals surface area contributed by atoms with Gasteiger partial charge in [0.25, 0.3) is 0 Å². The van der Waals surface area contributed by atoms with E-state index < -0.39 is 24.1 Å². The highest BCUT2D eigenvalue weighted by Crippen LogP contribution is 2.44. The number of carbonyl (C=O) groups is 3. The van der Waals surface area contributed by atoms with E-state index in [2.05, 4.69) is 34.9 Å². The molecule has 8 heteroatoms. The summed E-state index contributed by atoms with van der Waals surface area (Å²) in [7, 11) is 0. The maximum Gasteiger partial charge on any atom is 0.407 e. The Kier molecular flexibility index (Phi) is 8.02. The molecule has 35 heavy (non-hydrogen) atoms. The molecule has 1 aliphatic carbocycles. The first-order valence-electron chi connectivity index (χ1n) is 12.2. The van der Waals surface area contributed by atoms with Crippen LogP contribution in [0.4, 0.5) is 4.79 Å². The maximum absolute atomic E-state index is 12.5. The predicted molar refractivity (Wildman–Crippen MR) is 130 cm³/mol. The number of amides is 2. The molecule has 1 saturated heterocycles. The Labute approximate surface area is 205 Å². The van der Waals surface area contributed by atoms with Crippen LogP contribution in [0.25, 0.3) is 11.1 Å². The van der Waals surface area contributed by atoms with Crippen molar-refractivity contribution < 1.29 is 29.0 Å². The quantitative estimate of drug-likeness (QED) is 0.448. The maximum atomic E-state index is 12.5. The van der Waals surface area contributed by atoms with Gasteiger partial charge in [-0.15, -0.1) is 0 Å². The van der Waals surface area contributed by atoms with Gasteiger partial charge in [0.2, 0.25) is 5.91 Å². The molecule has 0 aromatic heterocycles. The van der Waals surface area contributed by atoms with Gasteiger partial charge in [0.1, 0.15) is 12.7 Å². The lowest BCUT2D eigenvalue weighted by Gasteiger charge is -2.19. The molecule has 1 heterocycles. The summed E-state index contributed by atoms with van der Waals surface area (Å²) < 4.78 is 11.2. The van der Waals surface area contributed by atoms with Crippen molar-refractivity contribution >= 4 is 18.0 Å². The Morgan fingerprint density at radius 2 is 1.71 bits per heavy atom. The molecule has 0 radical (unpaired) electrons. The molecule has 1 aliphatic heterocycles. The normalized spacial score (nSPS) is 19.5. The van der Waals surface area contributed by atoms with Crippen LogP contribution in [0.5, 0.6) is 0 Å². The van der Waals surface area contributed by atoms with Crippen LogP contribution in [-0.2, 0) is 19.1 Å². The monoisotopic (exact) mass is 480 g/mol. The van der Waals surface area contributed by atoms with Crippen LogP contribution in [0.15, 0.2) is 48.5 Å². The first-order chi connectivity index (χ1) is 17.0. The Morgan fingerprint density at radius 1 is 1.06 bits per heavy atom. The third kappa shape index (κ3) is 5.82. The van der Waals surface area contributed by atoms with Crippen molar-refractivity contribution in [3.05, 3.63) is 59.7 Å². The van der Waals surface area contributed by atoms with Gasteiger partial charge in [-0.05, 0) is 41.5 Å². The molecule has 3 atom stereocenters. The molecular formula is C27H32N2O6. The summed E-state index contributed by atoms with van der Waals surface area (Å²) in [5.74, 6) is -1.66. The molecule has 1 unspecified atom stereocenters. The molecule has 2 aromatic rings. The SMILES string of the molecule is CC(CCCNC(=O)[C@@H]1OCC[C@@H]1CNC(=O)OCC1c2ccccc2-c2ccccc21)C(=O)O. The summed E-state index contributed by atoms with van der Waals surface area (Å²) in [5, 5.41) is 14.5. The van der Waals surface area contributed by atoms with Gasteiger partial charge in [0.05, 0.1) is 5.92 Å². The van der Waals surface area contributed by atoms with Crippen LogP contribution in [-0.4, -0.2) is 55.5 Å². The molecule has 4 rings (SSSR count). The molecule has 1 fully saturated rings. The summed E-state index contributed by atoms with van der Waals surface area (Å²) in [5.41, 5.74) is 4.65. The largest absolute Gasteiger partial charge is 0.481 e. The van der Waals surface area contributed by atoms with Crippen LogP contribution in [0.3, 0.4) is 0 Å². The minimum Gasteiger partial charge on any atom is -0.481 e. The Morgan fingerprint density at radius 3 is 2.37 bits per heavy atom. The second-order valence-corrected chi connectivity index (χ2v) is 9.22. The molecule has 0 spiro atoms. The van der Waals surface area contributed by atoms with Crippen LogP contribution >= 0.6 is 0 Å². The van der Waals surface area contributed by atoms with Gasteiger partial charge in [0, 0.05) is 31.5 Å². The number of carboxylic acid groups (broad SMARTS) is 1. The standard InChI is InChI=1S/C27H32N2O6/c1-17(26(31)32)7-6-13-28-25(30)24-18(12-14-34-24)15-29-27(33)35-16-23-21-10-4-2-8-19(21)20-9-3-5-11-22(20)23/h2-5,8-11,17-18,23-24H,6-7,12-16H2,1H3,(H,28,30)(H,29,33)(H,31,32)/t17?,18-,24-/m1/s1. The van der Waals surface area contributed by atoms with Crippen molar-refractivity contribution in [2.24, 2.45) is 11.8 Å². The molecule has 8 nitrogen and oxygen atoms in total. The zero-order valence-electron chi connectivity index (χ0n) is 19.9. The fourth-order valence-electron chi connectivity index (χ4n) is 4.84. The smallest absolute Gasteiger partial charge is 0.407 e. The second kappa shape index (κ2) is 11.4. The summed E-state index contributed by atoms with van der Waals surface area (Å²) in [6.45, 7) is 3.01. The van der Waals surface area contributed by atoms with Gasteiger partial charge in [-0.3, -0.25) is 9.59 Å². The van der Waals surface area contributed by atoms with Gasteiger partial charge in [0.15, 0.2) is 0 Å². The summed E-state index contributed by atoms with van der Waals surface area (Å²) in [4.78, 5) is 35.9. The van der Waals surface area contributed by atoms with E-state index in [1.807, 2.05) is 24.3 Å². The fraction of sp³-hybridized carbons (Fsp3) is 0.444. The second-order valence-electron chi connectivity index (χ2n) is 9.22. The van der Waals surface area contributed by atoms with Gasteiger partial charge in [-0.1, -0.05) is 55.5 Å². The number of ether oxygens (including phenoxy) is 2. The Hall–Kier alpha value is -3.39. The van der Waals surface area contributed by atoms with Gasteiger partial charge < -0.3 is 25.2 Å². The first-order valence-corrected chi connectivity index (χ1v) is 12.2. The van der Waals surface area contributed by atoms with Gasteiger partial charge in [-0.2, -0.15) is 0 Å². The van der Waals surface area contributed by atoms with Crippen LogP contribution in [0.2, 0.25) is 0 Å². The van der Waals surface area contributed by atoms with Crippen molar-refractivity contribution in [2.45, 2.75) is 38.2 Å². The highest BCUT2D eigenvalue weighted by atomic mass is 16.5. The lowest BCUT2D eigenvalue weighted by molar-refractivity contribution is -0.141. The first kappa shape index (κ1) is 24.7. The fourth-order valence-corrected chi connectivity index (χ4v) is 4.84. The van der Waals surface area contributed by atoms with Crippen LogP contribution < -0.4 is 10.6 Å². The van der Waals surface area contributed by atoms with Crippen LogP contribution in [0.1, 0.15) is 43.2 Å². The molecule has 2 aliphatic rings. The number of aliphatic carboxylic acids is 1. The molecule has 2 amide bonds. The number of nitrogens with one attached hydrogen (secondary N) is 2. The van der Waals surface area contributed by atoms with Crippen molar-refractivity contribution in [3.63, 3.8) is 0 Å². The Bertz CT molecular complexity index is 1030. The van der Waals surface area contributed by atoms with Gasteiger partial charge in [-0.25, -0.2) is 4.79 Å². The molecule has 2 aromatic carbocycles. The molecule has 0 saturated carbocycles. The van der Waals surface area contributed by atoms with E-state index in [1.165, 1.54) is 11.1 Å². The van der Waals surface area contributed by atoms with E-state index in [1.54, 1.807) is 6.92 Å². The minimum atomic E-state index is -0.838. The predicted octanol–water partition coefficient (Wildman–Crippen LogP) is 3.55. The lowest BCUT2D eigenvalue weighted by Crippen LogP contribution is -2.42. The molecular weight excluding hydrogens is 448 g/mol. The van der Waals surface area contributed by atoms with E-state index in [4.69, 9.17) is 14.6 Å². The third-order valence-electron chi connectivity index (χ3n) is 6.86. The highest BCUT2D eigenvalue weighted by molar-refractivity contribution is 5.81. The minimum absolute atomic E-state index is 0.00895. The number of hydrogen-bond acceptors (Lipinski definition) is 5. The third-order valence-corrected chi connectivity index (χ3v) is 6.86. The summed E-state index contributed by atoms with van der Waals surface area (Å²) >= 11 is 0. The van der Waals surface area contributed by atoms with Crippen molar-refractivity contribution in [1.29, 1.82) is 0 Å². The lowest BCUT2D eigenvalue weighted by atomic mass is 9.98. The van der Waals surface area contributed by atoms with Gasteiger partial charge >= 0.3 is 12.1 Å². The molecule has 3 N–H and O–H groups in total. The zero-order chi connectivity index (χ0) is 24.8. The number of benzene rings is 2. The summed E-state index contributed by atoms with van der Waals surface area (Å²) in [6, 6.07) is 16.3. The number of carbonyl (C=O) groups excluding carboxylic acids is 2. The summed E-state index contributed by atoms with van der Waals surface area (Å²) in [6.07, 6.45) is 0.585. The highest BCUT2D eigenvalue weighted by Gasteiger charge is 2.34. The molecule has 0 bridgehead atoms. The number of rotatable bonds is 10. The number of fused-ring (bicyclic) bond motifs is 3. The van der Waals surface area contributed by atoms with E-state index >= 15 is 0 Å². The van der Waals surface area contributed by atoms with Crippen molar-refractivity contribution in [3.8, 4) is 11.1 Å². The van der Waals surface area contributed by atoms with E-state index in [-0.39, 0.29) is 30.9 Å². The Balaban J connectivity index is 1.23. The average molecular weight is 481 g/mol. The van der Waals surface area contributed by atoms with Crippen molar-refractivity contribution in [1.82, 2.24) is 10.6 Å². The van der Waals surface area contributed by atoms with E-state index in [9.17, 15) is 14.4 Å². The number of hydrogen-bond donors (Lipinski definition) is 3. The molecule has 186 valence electrons. The number of alkyl carbamates (subject to hydrolysis) is 1. The van der Waals surface area contributed by atoms with E-state index in [0.29, 0.717) is 32.4 Å². The topological polar surface area (TPSA) is 114 Å². The zero-order valence-corrected chi connectivity index (χ0v) is 19.9. The van der Waals surface area contributed by atoms with Crippen LogP contribution in [0, 0.1) is 11.8 Å². The number of carboxylic acids is 1.